The summed E-state index contributed by atoms with van der Waals surface area (Å²) in [6, 6.07) is 10.3. The molecule has 1 amide bonds. The van der Waals surface area contributed by atoms with E-state index in [0.29, 0.717) is 19.7 Å². The van der Waals surface area contributed by atoms with Crippen molar-refractivity contribution in [2.24, 2.45) is 0 Å². The number of ether oxygens (including phenoxy) is 1. The standard InChI is InChI=1S/C22H23ClN2O2.BrH/c1-2-27-22(26)25-12-9-15(10-13-25)20-19-8-7-18(23)14-17(19)6-5-16-4-3-11-24-21(16)20;/h3-4,7-8,11,14H,2,5-6,9-10,12-13H2,1H3;1H. The van der Waals surface area contributed by atoms with Crippen LogP contribution in [-0.4, -0.2) is 35.7 Å². The monoisotopic (exact) mass is 462 g/mol. The second-order valence-corrected chi connectivity index (χ2v) is 7.41. The summed E-state index contributed by atoms with van der Waals surface area (Å²) in [6.07, 6.45) is 5.25. The lowest BCUT2D eigenvalue weighted by molar-refractivity contribution is 0.104. The van der Waals surface area contributed by atoms with Gasteiger partial charge in [0.15, 0.2) is 0 Å². The zero-order chi connectivity index (χ0) is 18.8. The van der Waals surface area contributed by atoms with E-state index >= 15 is 0 Å². The summed E-state index contributed by atoms with van der Waals surface area (Å²) in [6.45, 7) is 3.62. The average Bonchev–Trinajstić information content (AvgIpc) is 2.85. The first kappa shape index (κ1) is 20.9. The summed E-state index contributed by atoms with van der Waals surface area (Å²) in [5.74, 6) is 0. The second kappa shape index (κ2) is 9.10. The van der Waals surface area contributed by atoms with Crippen LogP contribution in [0.3, 0.4) is 0 Å². The maximum Gasteiger partial charge on any atom is 0.409 e. The third kappa shape index (κ3) is 4.11. The van der Waals surface area contributed by atoms with Crippen molar-refractivity contribution in [1.82, 2.24) is 9.88 Å². The Balaban J connectivity index is 0.00000225. The van der Waals surface area contributed by atoms with Crippen LogP contribution in [0.2, 0.25) is 5.02 Å². The minimum atomic E-state index is -0.215. The largest absolute Gasteiger partial charge is 0.450 e. The van der Waals surface area contributed by atoms with Gasteiger partial charge in [-0.3, -0.25) is 4.98 Å². The molecule has 1 fully saturated rings. The number of likely N-dealkylation sites (tertiary alicyclic amines) is 1. The Hall–Kier alpha value is -1.85. The quantitative estimate of drug-likeness (QED) is 0.563. The second-order valence-electron chi connectivity index (χ2n) is 6.98. The van der Waals surface area contributed by atoms with E-state index in [1.165, 1.54) is 27.8 Å². The Morgan fingerprint density at radius 2 is 1.89 bits per heavy atom. The van der Waals surface area contributed by atoms with Crippen molar-refractivity contribution in [3.8, 4) is 0 Å². The SMILES string of the molecule is Br.CCOC(=O)N1CCC(=C2c3ccc(Cl)cc3CCc3cccnc32)CC1. The number of piperidine rings is 1. The number of amides is 1. The van der Waals surface area contributed by atoms with Crippen LogP contribution in [-0.2, 0) is 17.6 Å². The molecule has 0 unspecified atom stereocenters. The summed E-state index contributed by atoms with van der Waals surface area (Å²) in [4.78, 5) is 18.6. The van der Waals surface area contributed by atoms with Gasteiger partial charge >= 0.3 is 6.09 Å². The van der Waals surface area contributed by atoms with Gasteiger partial charge in [-0.1, -0.05) is 29.3 Å². The van der Waals surface area contributed by atoms with Crippen LogP contribution < -0.4 is 0 Å². The predicted octanol–water partition coefficient (Wildman–Crippen LogP) is 5.47. The highest BCUT2D eigenvalue weighted by Gasteiger charge is 2.26. The van der Waals surface area contributed by atoms with Crippen LogP contribution in [0.25, 0.3) is 5.57 Å². The van der Waals surface area contributed by atoms with Gasteiger partial charge in [0.25, 0.3) is 0 Å². The number of benzene rings is 1. The van der Waals surface area contributed by atoms with Crippen molar-refractivity contribution in [2.75, 3.05) is 19.7 Å². The molecule has 0 atom stereocenters. The lowest BCUT2D eigenvalue weighted by Crippen LogP contribution is -2.37. The molecule has 2 aliphatic rings. The highest BCUT2D eigenvalue weighted by molar-refractivity contribution is 8.93. The molecule has 0 spiro atoms. The zero-order valence-corrected chi connectivity index (χ0v) is 18.4. The van der Waals surface area contributed by atoms with Crippen molar-refractivity contribution >= 4 is 40.2 Å². The molecule has 28 heavy (non-hydrogen) atoms. The Morgan fingerprint density at radius 1 is 1.14 bits per heavy atom. The molecule has 0 bridgehead atoms. The summed E-state index contributed by atoms with van der Waals surface area (Å²) < 4.78 is 5.15. The molecule has 2 heterocycles. The van der Waals surface area contributed by atoms with Crippen LogP contribution in [0.1, 0.15) is 42.1 Å². The highest BCUT2D eigenvalue weighted by Crippen LogP contribution is 2.38. The Bertz CT molecular complexity index is 903. The third-order valence-corrected chi connectivity index (χ3v) is 5.61. The molecule has 6 heteroatoms. The number of fused-ring (bicyclic) bond motifs is 2. The van der Waals surface area contributed by atoms with Crippen LogP contribution in [0, 0.1) is 0 Å². The van der Waals surface area contributed by atoms with E-state index in [1.807, 2.05) is 25.3 Å². The first-order valence-electron chi connectivity index (χ1n) is 9.54. The van der Waals surface area contributed by atoms with E-state index in [1.54, 1.807) is 4.90 Å². The highest BCUT2D eigenvalue weighted by atomic mass is 79.9. The molecule has 0 saturated carbocycles. The smallest absolute Gasteiger partial charge is 0.409 e. The predicted molar refractivity (Wildman–Crippen MR) is 117 cm³/mol. The van der Waals surface area contributed by atoms with Gasteiger partial charge in [0.05, 0.1) is 12.3 Å². The summed E-state index contributed by atoms with van der Waals surface area (Å²) in [5.41, 5.74) is 7.46. The number of rotatable bonds is 1. The van der Waals surface area contributed by atoms with Gasteiger partial charge in [0.2, 0.25) is 0 Å². The summed E-state index contributed by atoms with van der Waals surface area (Å²) in [5, 5.41) is 0.772. The third-order valence-electron chi connectivity index (χ3n) is 5.37. The van der Waals surface area contributed by atoms with Gasteiger partial charge in [0.1, 0.15) is 0 Å². The van der Waals surface area contributed by atoms with E-state index in [0.717, 1.165) is 36.4 Å². The van der Waals surface area contributed by atoms with Crippen molar-refractivity contribution in [1.29, 1.82) is 0 Å². The van der Waals surface area contributed by atoms with E-state index in [-0.39, 0.29) is 23.1 Å². The number of halogens is 2. The van der Waals surface area contributed by atoms with E-state index in [4.69, 9.17) is 21.3 Å². The molecule has 1 aromatic heterocycles. The maximum atomic E-state index is 12.0. The number of nitrogens with zero attached hydrogens (tertiary/aromatic N) is 2. The average molecular weight is 464 g/mol. The molecule has 0 N–H and O–H groups in total. The number of pyridine rings is 1. The van der Waals surface area contributed by atoms with Crippen molar-refractivity contribution in [3.05, 3.63) is 69.5 Å². The van der Waals surface area contributed by atoms with Crippen molar-refractivity contribution in [2.45, 2.75) is 32.6 Å². The first-order valence-corrected chi connectivity index (χ1v) is 9.92. The summed E-state index contributed by atoms with van der Waals surface area (Å²) in [7, 11) is 0. The minimum absolute atomic E-state index is 0. The molecule has 4 nitrogen and oxygen atoms in total. The minimum Gasteiger partial charge on any atom is -0.450 e. The maximum absolute atomic E-state index is 12.0. The molecule has 148 valence electrons. The topological polar surface area (TPSA) is 42.4 Å². The number of aromatic nitrogens is 1. The van der Waals surface area contributed by atoms with Crippen molar-refractivity contribution in [3.63, 3.8) is 0 Å². The van der Waals surface area contributed by atoms with Gasteiger partial charge in [-0.2, -0.15) is 0 Å². The molecule has 0 radical (unpaired) electrons. The lowest BCUT2D eigenvalue weighted by Gasteiger charge is -2.29. The van der Waals surface area contributed by atoms with E-state index in [9.17, 15) is 4.79 Å². The van der Waals surface area contributed by atoms with E-state index in [2.05, 4.69) is 18.2 Å². The van der Waals surface area contributed by atoms with Gasteiger partial charge in [0, 0.05) is 29.9 Å². The Kier molecular flexibility index (Phi) is 6.78. The molecule has 4 rings (SSSR count). The molecular weight excluding hydrogens is 440 g/mol. The number of aryl methyl sites for hydroxylation is 2. The van der Waals surface area contributed by atoms with Gasteiger partial charge in [-0.25, -0.2) is 4.79 Å². The van der Waals surface area contributed by atoms with E-state index < -0.39 is 0 Å². The van der Waals surface area contributed by atoms with Gasteiger partial charge in [-0.15, -0.1) is 17.0 Å². The molecule has 1 saturated heterocycles. The van der Waals surface area contributed by atoms with Crippen LogP contribution in [0.15, 0.2) is 42.1 Å². The fraction of sp³-hybridized carbons (Fsp3) is 0.364. The number of carbonyl (C=O) groups is 1. The number of hydrogen-bond acceptors (Lipinski definition) is 3. The fourth-order valence-electron chi connectivity index (χ4n) is 4.06. The zero-order valence-electron chi connectivity index (χ0n) is 15.9. The Labute approximate surface area is 181 Å². The van der Waals surface area contributed by atoms with Crippen LogP contribution in [0.4, 0.5) is 4.79 Å². The Morgan fingerprint density at radius 3 is 2.64 bits per heavy atom. The first-order chi connectivity index (χ1) is 13.2. The van der Waals surface area contributed by atoms with Crippen molar-refractivity contribution < 1.29 is 9.53 Å². The normalized spacial score (nSPS) is 15.9. The van der Waals surface area contributed by atoms with Gasteiger partial charge < -0.3 is 9.64 Å². The molecule has 1 aromatic carbocycles. The number of carbonyl (C=O) groups excluding carboxylic acids is 1. The van der Waals surface area contributed by atoms with Crippen LogP contribution in [0.5, 0.6) is 0 Å². The summed E-state index contributed by atoms with van der Waals surface area (Å²) >= 11 is 6.27. The van der Waals surface area contributed by atoms with Crippen LogP contribution >= 0.6 is 28.6 Å². The molecule has 1 aliphatic carbocycles. The van der Waals surface area contributed by atoms with Gasteiger partial charge in [-0.05, 0) is 67.5 Å². The lowest BCUT2D eigenvalue weighted by atomic mass is 9.88. The fourth-order valence-corrected chi connectivity index (χ4v) is 4.25. The molecule has 1 aliphatic heterocycles. The number of hydrogen-bond donors (Lipinski definition) is 0. The molecular formula is C22H24BrClN2O2. The molecule has 2 aromatic rings.